The third-order valence-corrected chi connectivity index (χ3v) is 5.09. The van der Waals surface area contributed by atoms with E-state index >= 15 is 0 Å². The fourth-order valence-corrected chi connectivity index (χ4v) is 3.66. The Bertz CT molecular complexity index is 1320. The van der Waals surface area contributed by atoms with Crippen LogP contribution in [-0.2, 0) is 24.9 Å². The van der Waals surface area contributed by atoms with Gasteiger partial charge in [0.2, 0.25) is 12.7 Å². The van der Waals surface area contributed by atoms with E-state index in [1.54, 1.807) is 17.8 Å². The zero-order valence-corrected chi connectivity index (χ0v) is 15.7. The maximum Gasteiger partial charge on any atom is 0.291 e. The van der Waals surface area contributed by atoms with Crippen molar-refractivity contribution in [1.29, 1.82) is 0 Å². The Kier molecular flexibility index (Phi) is 3.97. The molecule has 29 heavy (non-hydrogen) atoms. The molecule has 4 aromatic rings. The van der Waals surface area contributed by atoms with Gasteiger partial charge in [-0.2, -0.15) is 5.10 Å². The summed E-state index contributed by atoms with van der Waals surface area (Å²) in [5.74, 6) is 1.19. The molecule has 1 N–H and O–H groups in total. The Labute approximate surface area is 165 Å². The quantitative estimate of drug-likeness (QED) is 0.575. The lowest BCUT2D eigenvalue weighted by atomic mass is 10.2. The maximum absolute atomic E-state index is 12.7. The third kappa shape index (κ3) is 2.89. The highest BCUT2D eigenvalue weighted by atomic mass is 16.7. The normalized spacial score (nSPS) is 12.6. The lowest BCUT2D eigenvalue weighted by molar-refractivity contribution is -0.121. The van der Waals surface area contributed by atoms with Gasteiger partial charge >= 0.3 is 0 Å². The van der Waals surface area contributed by atoms with Crippen LogP contribution in [-0.4, -0.2) is 27.0 Å². The van der Waals surface area contributed by atoms with Crippen LogP contribution in [0.1, 0.15) is 5.56 Å². The first-order chi connectivity index (χ1) is 14.1. The van der Waals surface area contributed by atoms with E-state index in [9.17, 15) is 9.59 Å². The highest BCUT2D eigenvalue weighted by Gasteiger charge is 2.17. The summed E-state index contributed by atoms with van der Waals surface area (Å²) in [6.07, 6.45) is 1.67. The van der Waals surface area contributed by atoms with Crippen molar-refractivity contribution in [2.75, 3.05) is 6.79 Å². The minimum Gasteiger partial charge on any atom is -0.454 e. The van der Waals surface area contributed by atoms with Gasteiger partial charge in [-0.05, 0) is 23.8 Å². The molecule has 1 amide bonds. The summed E-state index contributed by atoms with van der Waals surface area (Å²) < 4.78 is 13.7. The minimum atomic E-state index is -0.234. The SMILES string of the molecule is Cn1ncc2c3ccccc3n(CC(=O)NCc3ccc4c(c3)OCO4)c2c1=O. The molecule has 0 radical (unpaired) electrons. The fraction of sp³-hybridized carbons (Fsp3) is 0.190. The number of amides is 1. The van der Waals surface area contributed by atoms with Crippen LogP contribution in [0.25, 0.3) is 21.8 Å². The second kappa shape index (κ2) is 6.66. The molecule has 2 aromatic carbocycles. The van der Waals surface area contributed by atoms with Gasteiger partial charge in [0.05, 0.1) is 6.20 Å². The molecule has 0 unspecified atom stereocenters. The first kappa shape index (κ1) is 17.3. The summed E-state index contributed by atoms with van der Waals surface area (Å²) >= 11 is 0. The number of fused-ring (bicyclic) bond motifs is 4. The number of aromatic nitrogens is 3. The number of para-hydroxylation sites is 1. The number of carbonyl (C=O) groups excluding carboxylic acids is 1. The molecule has 8 heteroatoms. The molecule has 0 saturated heterocycles. The molecule has 146 valence electrons. The Morgan fingerprint density at radius 1 is 1.14 bits per heavy atom. The van der Waals surface area contributed by atoms with Crippen molar-refractivity contribution in [2.45, 2.75) is 13.1 Å². The van der Waals surface area contributed by atoms with Crippen molar-refractivity contribution in [2.24, 2.45) is 7.05 Å². The number of carbonyl (C=O) groups is 1. The molecular formula is C21H18N4O4. The van der Waals surface area contributed by atoms with Crippen LogP contribution in [0.4, 0.5) is 0 Å². The molecule has 2 aromatic heterocycles. The van der Waals surface area contributed by atoms with Crippen molar-refractivity contribution in [3.63, 3.8) is 0 Å². The van der Waals surface area contributed by atoms with E-state index in [0.29, 0.717) is 23.6 Å². The van der Waals surface area contributed by atoms with Gasteiger partial charge in [0, 0.05) is 29.9 Å². The summed E-state index contributed by atoms with van der Waals surface area (Å²) in [4.78, 5) is 25.4. The second-order valence-electron chi connectivity index (χ2n) is 6.90. The number of rotatable bonds is 4. The van der Waals surface area contributed by atoms with Crippen LogP contribution in [0.3, 0.4) is 0 Å². The van der Waals surface area contributed by atoms with E-state index in [1.807, 2.05) is 42.5 Å². The Morgan fingerprint density at radius 3 is 2.86 bits per heavy atom. The van der Waals surface area contributed by atoms with Crippen LogP contribution in [0.15, 0.2) is 53.5 Å². The molecule has 0 fully saturated rings. The summed E-state index contributed by atoms with van der Waals surface area (Å²) in [6.45, 7) is 0.600. The van der Waals surface area contributed by atoms with Gasteiger partial charge in [-0.3, -0.25) is 9.59 Å². The number of nitrogens with zero attached hydrogens (tertiary/aromatic N) is 3. The van der Waals surface area contributed by atoms with E-state index < -0.39 is 0 Å². The maximum atomic E-state index is 12.7. The standard InChI is InChI=1S/C21H18N4O4/c1-24-21(27)20-15(10-23-24)14-4-2-3-5-16(14)25(20)11-19(26)22-9-13-6-7-17-18(8-13)29-12-28-17/h2-8,10H,9,11-12H2,1H3,(H,22,26). The van der Waals surface area contributed by atoms with Crippen LogP contribution in [0, 0.1) is 0 Å². The van der Waals surface area contributed by atoms with Crippen LogP contribution in [0.5, 0.6) is 11.5 Å². The molecule has 8 nitrogen and oxygen atoms in total. The first-order valence-corrected chi connectivity index (χ1v) is 9.20. The minimum absolute atomic E-state index is 0.0355. The highest BCUT2D eigenvalue weighted by Crippen LogP contribution is 2.32. The monoisotopic (exact) mass is 390 g/mol. The first-order valence-electron chi connectivity index (χ1n) is 9.20. The largest absolute Gasteiger partial charge is 0.454 e. The average Bonchev–Trinajstić information content (AvgIpc) is 3.32. The van der Waals surface area contributed by atoms with Gasteiger partial charge in [0.25, 0.3) is 5.56 Å². The molecule has 1 aliphatic heterocycles. The fourth-order valence-electron chi connectivity index (χ4n) is 3.66. The molecule has 5 rings (SSSR count). The van der Waals surface area contributed by atoms with Gasteiger partial charge in [0.15, 0.2) is 11.5 Å². The number of hydrogen-bond acceptors (Lipinski definition) is 5. The molecule has 0 atom stereocenters. The Balaban J connectivity index is 1.44. The lowest BCUT2D eigenvalue weighted by Crippen LogP contribution is -2.29. The topological polar surface area (TPSA) is 87.4 Å². The highest BCUT2D eigenvalue weighted by molar-refractivity contribution is 6.07. The van der Waals surface area contributed by atoms with Crippen molar-refractivity contribution in [3.05, 3.63) is 64.6 Å². The predicted molar refractivity (Wildman–Crippen MR) is 107 cm³/mol. The predicted octanol–water partition coefficient (Wildman–Crippen LogP) is 1.93. The number of nitrogens with one attached hydrogen (secondary N) is 1. The molecule has 0 saturated carbocycles. The van der Waals surface area contributed by atoms with Crippen LogP contribution < -0.4 is 20.3 Å². The number of aryl methyl sites for hydroxylation is 1. The van der Waals surface area contributed by atoms with Crippen molar-refractivity contribution in [3.8, 4) is 11.5 Å². The molecule has 0 bridgehead atoms. The molecule has 3 heterocycles. The van der Waals surface area contributed by atoms with Crippen molar-refractivity contribution < 1.29 is 14.3 Å². The van der Waals surface area contributed by atoms with Gasteiger partial charge in [-0.1, -0.05) is 24.3 Å². The Hall–Kier alpha value is -3.81. The second-order valence-corrected chi connectivity index (χ2v) is 6.90. The smallest absolute Gasteiger partial charge is 0.291 e. The van der Waals surface area contributed by atoms with E-state index in [-0.39, 0.29) is 24.8 Å². The Morgan fingerprint density at radius 2 is 1.97 bits per heavy atom. The zero-order valence-electron chi connectivity index (χ0n) is 15.7. The molecule has 0 aliphatic carbocycles. The molecule has 0 spiro atoms. The van der Waals surface area contributed by atoms with E-state index in [4.69, 9.17) is 9.47 Å². The van der Waals surface area contributed by atoms with Gasteiger partial charge < -0.3 is 19.4 Å². The lowest BCUT2D eigenvalue weighted by Gasteiger charge is -2.09. The summed E-state index contributed by atoms with van der Waals surface area (Å²) in [5.41, 5.74) is 1.97. The number of hydrogen-bond donors (Lipinski definition) is 1. The van der Waals surface area contributed by atoms with E-state index in [1.165, 1.54) is 4.68 Å². The zero-order chi connectivity index (χ0) is 20.0. The summed E-state index contributed by atoms with van der Waals surface area (Å²) in [7, 11) is 1.60. The van der Waals surface area contributed by atoms with Crippen LogP contribution >= 0.6 is 0 Å². The average molecular weight is 390 g/mol. The van der Waals surface area contributed by atoms with Crippen molar-refractivity contribution >= 4 is 27.7 Å². The van der Waals surface area contributed by atoms with Crippen molar-refractivity contribution in [1.82, 2.24) is 19.7 Å². The third-order valence-electron chi connectivity index (χ3n) is 5.09. The number of ether oxygens (including phenoxy) is 2. The summed E-state index contributed by atoms with van der Waals surface area (Å²) in [5, 5.41) is 8.68. The van der Waals surface area contributed by atoms with Crippen LogP contribution in [0.2, 0.25) is 0 Å². The van der Waals surface area contributed by atoms with E-state index in [2.05, 4.69) is 10.4 Å². The van der Waals surface area contributed by atoms with Gasteiger partial charge in [-0.25, -0.2) is 4.68 Å². The molecular weight excluding hydrogens is 372 g/mol. The van der Waals surface area contributed by atoms with Gasteiger partial charge in [0.1, 0.15) is 12.1 Å². The summed E-state index contributed by atoms with van der Waals surface area (Å²) in [6, 6.07) is 13.2. The van der Waals surface area contributed by atoms with Gasteiger partial charge in [-0.15, -0.1) is 0 Å². The van der Waals surface area contributed by atoms with E-state index in [0.717, 1.165) is 21.9 Å². The molecule has 1 aliphatic rings. The number of benzene rings is 2.